The highest BCUT2D eigenvalue weighted by Crippen LogP contribution is 2.25. The number of carbonyl (C=O) groups excluding carboxylic acids is 1. The van der Waals surface area contributed by atoms with Crippen LogP contribution in [0.1, 0.15) is 26.4 Å². The van der Waals surface area contributed by atoms with Gasteiger partial charge in [-0.2, -0.15) is 4.31 Å². The minimum Gasteiger partial charge on any atom is -0.298 e. The van der Waals surface area contributed by atoms with Crippen LogP contribution in [0.15, 0.2) is 59.6 Å². The third-order valence-electron chi connectivity index (χ3n) is 4.67. The first-order valence-corrected chi connectivity index (χ1v) is 11.1. The molecule has 0 bridgehead atoms. The highest BCUT2D eigenvalue weighted by Gasteiger charge is 2.28. The molecule has 0 spiro atoms. The van der Waals surface area contributed by atoms with Crippen molar-refractivity contribution in [3.8, 4) is 0 Å². The van der Waals surface area contributed by atoms with E-state index in [1.807, 2.05) is 31.2 Å². The molecular formula is C20H19N3O3S2. The van der Waals surface area contributed by atoms with Crippen LogP contribution in [0, 0.1) is 6.92 Å². The summed E-state index contributed by atoms with van der Waals surface area (Å²) in [5.41, 5.74) is 2.48. The van der Waals surface area contributed by atoms with Gasteiger partial charge < -0.3 is 0 Å². The van der Waals surface area contributed by atoms with Crippen molar-refractivity contribution < 1.29 is 13.2 Å². The Morgan fingerprint density at radius 1 is 1.14 bits per heavy atom. The van der Waals surface area contributed by atoms with E-state index in [1.165, 1.54) is 33.3 Å². The van der Waals surface area contributed by atoms with Crippen molar-refractivity contribution in [2.24, 2.45) is 0 Å². The summed E-state index contributed by atoms with van der Waals surface area (Å²) in [6.07, 6.45) is 2.36. The van der Waals surface area contributed by atoms with E-state index in [-0.39, 0.29) is 16.4 Å². The molecule has 6 nitrogen and oxygen atoms in total. The maximum atomic E-state index is 13.1. The SMILES string of the molecule is Cc1cnc(NC(=O)c2cccc(S(=O)(=O)N3CCc4ccccc4C3)c2)s1. The minimum absolute atomic E-state index is 0.120. The Bertz CT molecular complexity index is 1140. The fourth-order valence-corrected chi connectivity index (χ4v) is 5.33. The Morgan fingerprint density at radius 3 is 2.68 bits per heavy atom. The average molecular weight is 414 g/mol. The standard InChI is InChI=1S/C20H19N3O3S2/c1-14-12-21-20(27-14)22-19(24)16-7-4-8-18(11-16)28(25,26)23-10-9-15-5-2-3-6-17(15)13-23/h2-8,11-12H,9-10,13H2,1H3,(H,21,22,24). The van der Waals surface area contributed by atoms with Crippen LogP contribution in [0.5, 0.6) is 0 Å². The lowest BCUT2D eigenvalue weighted by Gasteiger charge is -2.28. The summed E-state index contributed by atoms with van der Waals surface area (Å²) >= 11 is 1.37. The number of nitrogens with one attached hydrogen (secondary N) is 1. The van der Waals surface area contributed by atoms with Gasteiger partial charge in [0.15, 0.2) is 5.13 Å². The van der Waals surface area contributed by atoms with Gasteiger partial charge in [-0.05, 0) is 42.7 Å². The summed E-state index contributed by atoms with van der Waals surface area (Å²) in [6.45, 7) is 2.67. The zero-order chi connectivity index (χ0) is 19.7. The lowest BCUT2D eigenvalue weighted by molar-refractivity contribution is 0.102. The Hall–Kier alpha value is -2.55. The molecule has 0 atom stereocenters. The number of thiazole rings is 1. The van der Waals surface area contributed by atoms with Crippen LogP contribution in [0.4, 0.5) is 5.13 Å². The highest BCUT2D eigenvalue weighted by molar-refractivity contribution is 7.89. The first kappa shape index (κ1) is 18.8. The molecule has 0 radical (unpaired) electrons. The average Bonchev–Trinajstić information content (AvgIpc) is 3.12. The third kappa shape index (κ3) is 3.71. The molecule has 0 unspecified atom stereocenters. The second kappa shape index (κ2) is 7.46. The van der Waals surface area contributed by atoms with Crippen molar-refractivity contribution >= 4 is 32.4 Å². The zero-order valence-electron chi connectivity index (χ0n) is 15.3. The fraction of sp³-hybridized carbons (Fsp3) is 0.200. The monoisotopic (exact) mass is 413 g/mol. The van der Waals surface area contributed by atoms with Crippen LogP contribution < -0.4 is 5.32 Å². The molecule has 0 saturated heterocycles. The first-order chi connectivity index (χ1) is 13.4. The van der Waals surface area contributed by atoms with E-state index in [2.05, 4.69) is 10.3 Å². The molecule has 0 saturated carbocycles. The van der Waals surface area contributed by atoms with Gasteiger partial charge in [0, 0.05) is 29.7 Å². The Kier molecular flexibility index (Phi) is 5.01. The number of hydrogen-bond acceptors (Lipinski definition) is 5. The number of amides is 1. The molecule has 4 rings (SSSR count). The van der Waals surface area contributed by atoms with Crippen LogP contribution in [0.25, 0.3) is 0 Å². The number of aryl methyl sites for hydroxylation is 1. The topological polar surface area (TPSA) is 79.4 Å². The summed E-state index contributed by atoms with van der Waals surface area (Å²) in [5, 5.41) is 3.20. The van der Waals surface area contributed by atoms with E-state index < -0.39 is 10.0 Å². The number of carbonyl (C=O) groups is 1. The molecule has 28 heavy (non-hydrogen) atoms. The molecule has 1 aliphatic rings. The number of aromatic nitrogens is 1. The van der Waals surface area contributed by atoms with E-state index in [1.54, 1.807) is 18.3 Å². The van der Waals surface area contributed by atoms with Crippen molar-refractivity contribution in [3.05, 3.63) is 76.3 Å². The Balaban J connectivity index is 1.57. The second-order valence-corrected chi connectivity index (χ2v) is 9.79. The van der Waals surface area contributed by atoms with Gasteiger partial charge in [-0.1, -0.05) is 30.3 Å². The van der Waals surface area contributed by atoms with Crippen LogP contribution >= 0.6 is 11.3 Å². The first-order valence-electron chi connectivity index (χ1n) is 8.84. The Morgan fingerprint density at radius 2 is 1.93 bits per heavy atom. The van der Waals surface area contributed by atoms with Crippen molar-refractivity contribution in [1.82, 2.24) is 9.29 Å². The molecule has 144 valence electrons. The highest BCUT2D eigenvalue weighted by atomic mass is 32.2. The molecule has 0 aliphatic carbocycles. The number of anilines is 1. The molecule has 8 heteroatoms. The van der Waals surface area contributed by atoms with Gasteiger partial charge in [-0.25, -0.2) is 13.4 Å². The molecular weight excluding hydrogens is 394 g/mol. The van der Waals surface area contributed by atoms with Gasteiger partial charge in [0.2, 0.25) is 10.0 Å². The number of benzene rings is 2. The van der Waals surface area contributed by atoms with Crippen molar-refractivity contribution in [3.63, 3.8) is 0 Å². The number of fused-ring (bicyclic) bond motifs is 1. The van der Waals surface area contributed by atoms with Gasteiger partial charge in [-0.3, -0.25) is 10.1 Å². The smallest absolute Gasteiger partial charge is 0.257 e. The van der Waals surface area contributed by atoms with Gasteiger partial charge in [0.05, 0.1) is 4.90 Å². The van der Waals surface area contributed by atoms with E-state index in [9.17, 15) is 13.2 Å². The van der Waals surface area contributed by atoms with Crippen LogP contribution in [-0.2, 0) is 23.0 Å². The predicted octanol–water partition coefficient (Wildman–Crippen LogP) is 3.45. The maximum Gasteiger partial charge on any atom is 0.257 e. The number of rotatable bonds is 4. The lowest BCUT2D eigenvalue weighted by Crippen LogP contribution is -2.36. The quantitative estimate of drug-likeness (QED) is 0.710. The van der Waals surface area contributed by atoms with E-state index in [4.69, 9.17) is 0 Å². The molecule has 2 heterocycles. The normalized spacial score (nSPS) is 14.5. The van der Waals surface area contributed by atoms with Gasteiger partial charge in [-0.15, -0.1) is 11.3 Å². The van der Waals surface area contributed by atoms with Crippen molar-refractivity contribution in [1.29, 1.82) is 0 Å². The molecule has 1 amide bonds. The fourth-order valence-electron chi connectivity index (χ4n) is 3.20. The summed E-state index contributed by atoms with van der Waals surface area (Å²) in [5.74, 6) is -0.379. The molecule has 3 aromatic rings. The Labute approximate surface area is 167 Å². The van der Waals surface area contributed by atoms with Gasteiger partial charge in [0.25, 0.3) is 5.91 Å². The zero-order valence-corrected chi connectivity index (χ0v) is 16.9. The third-order valence-corrected chi connectivity index (χ3v) is 7.34. The second-order valence-electron chi connectivity index (χ2n) is 6.62. The maximum absolute atomic E-state index is 13.1. The minimum atomic E-state index is -3.69. The number of nitrogens with zero attached hydrogens (tertiary/aromatic N) is 2. The predicted molar refractivity (Wildman–Crippen MR) is 109 cm³/mol. The summed E-state index contributed by atoms with van der Waals surface area (Å²) in [4.78, 5) is 17.7. The molecule has 0 fully saturated rings. The van der Waals surface area contributed by atoms with E-state index in [0.717, 1.165) is 10.4 Å². The summed E-state index contributed by atoms with van der Waals surface area (Å²) < 4.78 is 27.7. The largest absolute Gasteiger partial charge is 0.298 e. The summed E-state index contributed by atoms with van der Waals surface area (Å²) in [7, 11) is -3.69. The molecule has 1 N–H and O–H groups in total. The molecule has 1 aromatic heterocycles. The molecule has 1 aliphatic heterocycles. The van der Waals surface area contributed by atoms with Crippen LogP contribution in [0.3, 0.4) is 0 Å². The van der Waals surface area contributed by atoms with Gasteiger partial charge in [0.1, 0.15) is 0 Å². The summed E-state index contributed by atoms with van der Waals surface area (Å²) in [6, 6.07) is 14.0. The van der Waals surface area contributed by atoms with Crippen LogP contribution in [0.2, 0.25) is 0 Å². The number of sulfonamides is 1. The van der Waals surface area contributed by atoms with E-state index in [0.29, 0.717) is 24.6 Å². The molecule has 2 aromatic carbocycles. The number of hydrogen-bond donors (Lipinski definition) is 1. The van der Waals surface area contributed by atoms with Crippen molar-refractivity contribution in [2.75, 3.05) is 11.9 Å². The van der Waals surface area contributed by atoms with Crippen molar-refractivity contribution in [2.45, 2.75) is 24.8 Å². The van der Waals surface area contributed by atoms with Gasteiger partial charge >= 0.3 is 0 Å². The van der Waals surface area contributed by atoms with Crippen LogP contribution in [-0.4, -0.2) is 30.2 Å². The van der Waals surface area contributed by atoms with E-state index >= 15 is 0 Å². The lowest BCUT2D eigenvalue weighted by atomic mass is 10.0.